The number of nitrogens with two attached hydrogens (primary N) is 1. The van der Waals surface area contributed by atoms with Gasteiger partial charge in [-0.15, -0.1) is 0 Å². The Morgan fingerprint density at radius 2 is 1.75 bits per heavy atom. The van der Waals surface area contributed by atoms with Crippen LogP contribution < -0.4 is 16.0 Å². The molecule has 1 amide bonds. The molecule has 4 rings (SSSR count). The van der Waals surface area contributed by atoms with E-state index in [-0.39, 0.29) is 23.0 Å². The summed E-state index contributed by atoms with van der Waals surface area (Å²) in [5, 5.41) is 14.9. The number of anilines is 2. The first kappa shape index (κ1) is 21.4. The number of oxime groups is 1. The predicted octanol–water partition coefficient (Wildman–Crippen LogP) is 4.83. The fraction of sp³-hybridized carbons (Fsp3) is 0.200. The summed E-state index contributed by atoms with van der Waals surface area (Å²) in [5.41, 5.74) is 8.55. The Morgan fingerprint density at radius 3 is 2.47 bits per heavy atom. The third kappa shape index (κ3) is 4.56. The third-order valence-corrected chi connectivity index (χ3v) is 5.65. The summed E-state index contributed by atoms with van der Waals surface area (Å²) < 4.78 is 14.8. The van der Waals surface area contributed by atoms with E-state index < -0.39 is 5.82 Å². The summed E-state index contributed by atoms with van der Waals surface area (Å²) in [6.07, 6.45) is 3.50. The van der Waals surface area contributed by atoms with Crippen LogP contribution in [0, 0.1) is 5.82 Å². The topological polar surface area (TPSA) is 91.0 Å². The minimum absolute atomic E-state index is 0.102. The van der Waals surface area contributed by atoms with Crippen molar-refractivity contribution in [2.45, 2.75) is 19.3 Å². The summed E-state index contributed by atoms with van der Waals surface area (Å²) in [6, 6.07) is 19.1. The van der Waals surface area contributed by atoms with E-state index in [0.717, 1.165) is 37.7 Å². The predicted molar refractivity (Wildman–Crippen MR) is 125 cm³/mol. The molecule has 0 unspecified atom stereocenters. The van der Waals surface area contributed by atoms with Crippen molar-refractivity contribution in [2.75, 3.05) is 23.3 Å². The number of amides is 1. The van der Waals surface area contributed by atoms with E-state index in [1.807, 2.05) is 24.3 Å². The van der Waals surface area contributed by atoms with Crippen LogP contribution in [0.3, 0.4) is 0 Å². The Bertz CT molecular complexity index is 1140. The second kappa shape index (κ2) is 9.51. The Hall–Kier alpha value is -3.87. The molecule has 1 aliphatic heterocycles. The summed E-state index contributed by atoms with van der Waals surface area (Å²) >= 11 is 0. The zero-order valence-electron chi connectivity index (χ0n) is 17.6. The Morgan fingerprint density at radius 1 is 1.00 bits per heavy atom. The van der Waals surface area contributed by atoms with Crippen LogP contribution in [0.1, 0.15) is 35.2 Å². The van der Waals surface area contributed by atoms with Gasteiger partial charge in [-0.25, -0.2) is 4.39 Å². The van der Waals surface area contributed by atoms with Crippen LogP contribution in [0.25, 0.3) is 11.1 Å². The molecule has 0 spiro atoms. The van der Waals surface area contributed by atoms with Crippen molar-refractivity contribution in [3.8, 4) is 11.1 Å². The van der Waals surface area contributed by atoms with Gasteiger partial charge in [0.05, 0.1) is 5.69 Å². The molecule has 0 saturated carbocycles. The van der Waals surface area contributed by atoms with Crippen LogP contribution >= 0.6 is 0 Å². The fourth-order valence-electron chi connectivity index (χ4n) is 3.97. The quantitative estimate of drug-likeness (QED) is 0.233. The molecule has 32 heavy (non-hydrogen) atoms. The van der Waals surface area contributed by atoms with Crippen molar-refractivity contribution in [2.24, 2.45) is 10.9 Å². The number of piperidine rings is 1. The van der Waals surface area contributed by atoms with Crippen LogP contribution in [0.4, 0.5) is 15.8 Å². The highest BCUT2D eigenvalue weighted by Crippen LogP contribution is 2.30. The zero-order valence-corrected chi connectivity index (χ0v) is 17.6. The highest BCUT2D eigenvalue weighted by atomic mass is 19.1. The van der Waals surface area contributed by atoms with Gasteiger partial charge in [-0.3, -0.25) is 4.79 Å². The number of carbonyl (C=O) groups excluding carboxylic acids is 1. The van der Waals surface area contributed by atoms with Gasteiger partial charge in [0.2, 0.25) is 0 Å². The lowest BCUT2D eigenvalue weighted by Crippen LogP contribution is -2.29. The van der Waals surface area contributed by atoms with Gasteiger partial charge in [-0.1, -0.05) is 41.6 Å². The summed E-state index contributed by atoms with van der Waals surface area (Å²) in [7, 11) is 0. The lowest BCUT2D eigenvalue weighted by atomic mass is 10.0. The van der Waals surface area contributed by atoms with E-state index in [4.69, 9.17) is 10.9 Å². The van der Waals surface area contributed by atoms with E-state index in [1.165, 1.54) is 12.5 Å². The number of carbonyl (C=O) groups is 1. The molecule has 0 bridgehead atoms. The number of hydrogen-bond acceptors (Lipinski definition) is 4. The number of amidine groups is 1. The molecule has 1 saturated heterocycles. The normalized spacial score (nSPS) is 14.3. The number of rotatable bonds is 5. The Labute approximate surface area is 186 Å². The van der Waals surface area contributed by atoms with E-state index in [9.17, 15) is 9.18 Å². The summed E-state index contributed by atoms with van der Waals surface area (Å²) in [6.45, 7) is 1.94. The Kier molecular flexibility index (Phi) is 6.35. The van der Waals surface area contributed by atoms with Gasteiger partial charge in [-0.05, 0) is 55.2 Å². The SMILES string of the molecule is N/C(=N\O)c1cc(F)c(-c2ccccc2)cc1NC(=O)c1cccc(N2CCCCC2)c1. The molecule has 1 aliphatic rings. The van der Waals surface area contributed by atoms with Gasteiger partial charge in [0.25, 0.3) is 5.91 Å². The van der Waals surface area contributed by atoms with E-state index in [0.29, 0.717) is 16.7 Å². The van der Waals surface area contributed by atoms with Crippen molar-refractivity contribution in [1.29, 1.82) is 0 Å². The Balaban J connectivity index is 1.67. The van der Waals surface area contributed by atoms with Crippen LogP contribution in [0.15, 0.2) is 71.9 Å². The molecular formula is C25H25FN4O2. The highest BCUT2D eigenvalue weighted by Gasteiger charge is 2.18. The number of benzene rings is 3. The van der Waals surface area contributed by atoms with E-state index in [1.54, 1.807) is 30.3 Å². The number of nitrogens with zero attached hydrogens (tertiary/aromatic N) is 2. The van der Waals surface area contributed by atoms with Gasteiger partial charge < -0.3 is 21.2 Å². The lowest BCUT2D eigenvalue weighted by Gasteiger charge is -2.29. The number of hydrogen-bond donors (Lipinski definition) is 3. The first-order valence-corrected chi connectivity index (χ1v) is 10.6. The standard InChI is InChI=1S/C25H25FN4O2/c26-22-15-21(24(27)29-32)23(16-20(22)17-8-3-1-4-9-17)28-25(31)18-10-7-11-19(14-18)30-12-5-2-6-13-30/h1,3-4,7-11,14-16,32H,2,5-6,12-13H2,(H2,27,29)(H,28,31). The molecule has 7 heteroatoms. The number of nitrogens with one attached hydrogen (secondary N) is 1. The molecule has 1 fully saturated rings. The third-order valence-electron chi connectivity index (χ3n) is 5.65. The minimum Gasteiger partial charge on any atom is -0.409 e. The smallest absolute Gasteiger partial charge is 0.255 e. The zero-order chi connectivity index (χ0) is 22.5. The molecule has 0 aliphatic carbocycles. The maximum absolute atomic E-state index is 14.8. The molecule has 164 valence electrons. The van der Waals surface area contributed by atoms with Crippen LogP contribution in [0.5, 0.6) is 0 Å². The van der Waals surface area contributed by atoms with Crippen molar-refractivity contribution < 1.29 is 14.4 Å². The molecule has 0 atom stereocenters. The second-order valence-electron chi connectivity index (χ2n) is 7.78. The van der Waals surface area contributed by atoms with Crippen molar-refractivity contribution in [1.82, 2.24) is 0 Å². The van der Waals surface area contributed by atoms with Gasteiger partial charge in [0.1, 0.15) is 5.82 Å². The highest BCUT2D eigenvalue weighted by molar-refractivity contribution is 6.10. The summed E-state index contributed by atoms with van der Waals surface area (Å²) in [4.78, 5) is 15.3. The van der Waals surface area contributed by atoms with Gasteiger partial charge >= 0.3 is 0 Å². The molecule has 4 N–H and O–H groups in total. The van der Waals surface area contributed by atoms with Crippen LogP contribution in [-0.4, -0.2) is 30.0 Å². The molecule has 0 aromatic heterocycles. The van der Waals surface area contributed by atoms with E-state index >= 15 is 0 Å². The van der Waals surface area contributed by atoms with Crippen molar-refractivity contribution >= 4 is 23.1 Å². The van der Waals surface area contributed by atoms with Crippen molar-refractivity contribution in [3.63, 3.8) is 0 Å². The maximum Gasteiger partial charge on any atom is 0.255 e. The molecule has 6 nitrogen and oxygen atoms in total. The van der Waals surface area contributed by atoms with E-state index in [2.05, 4.69) is 15.4 Å². The minimum atomic E-state index is -0.539. The monoisotopic (exact) mass is 432 g/mol. The van der Waals surface area contributed by atoms with Gasteiger partial charge in [-0.2, -0.15) is 0 Å². The molecule has 1 heterocycles. The molecule has 3 aromatic carbocycles. The van der Waals surface area contributed by atoms with Crippen LogP contribution in [-0.2, 0) is 0 Å². The first-order valence-electron chi connectivity index (χ1n) is 10.6. The number of halogens is 1. The van der Waals surface area contributed by atoms with Crippen LogP contribution in [0.2, 0.25) is 0 Å². The molecule has 3 aromatic rings. The van der Waals surface area contributed by atoms with Gasteiger partial charge in [0.15, 0.2) is 5.84 Å². The maximum atomic E-state index is 14.8. The average Bonchev–Trinajstić information content (AvgIpc) is 2.85. The lowest BCUT2D eigenvalue weighted by molar-refractivity contribution is 0.102. The largest absolute Gasteiger partial charge is 0.409 e. The average molecular weight is 432 g/mol. The molecule has 0 radical (unpaired) electrons. The van der Waals surface area contributed by atoms with Crippen molar-refractivity contribution in [3.05, 3.63) is 83.7 Å². The fourth-order valence-corrected chi connectivity index (χ4v) is 3.97. The second-order valence-corrected chi connectivity index (χ2v) is 7.78. The molecular weight excluding hydrogens is 407 g/mol. The van der Waals surface area contributed by atoms with Gasteiger partial charge in [0, 0.05) is 35.5 Å². The summed E-state index contributed by atoms with van der Waals surface area (Å²) in [5.74, 6) is -1.19. The first-order chi connectivity index (χ1) is 15.6.